The summed E-state index contributed by atoms with van der Waals surface area (Å²) in [7, 11) is 1.58. The predicted octanol–water partition coefficient (Wildman–Crippen LogP) is 2.90. The van der Waals surface area contributed by atoms with Crippen LogP contribution in [0.2, 0.25) is 0 Å². The van der Waals surface area contributed by atoms with E-state index < -0.39 is 0 Å². The van der Waals surface area contributed by atoms with Crippen molar-refractivity contribution in [3.05, 3.63) is 60.0 Å². The molecule has 0 aliphatic heterocycles. The first-order valence-electron chi connectivity index (χ1n) is 7.35. The highest BCUT2D eigenvalue weighted by Gasteiger charge is 2.19. The Labute approximate surface area is 133 Å². The summed E-state index contributed by atoms with van der Waals surface area (Å²) in [6.07, 6.45) is 3.20. The van der Waals surface area contributed by atoms with E-state index in [4.69, 9.17) is 4.74 Å². The summed E-state index contributed by atoms with van der Waals surface area (Å²) in [5.41, 5.74) is 2.11. The molecule has 0 bridgehead atoms. The second-order valence-electron chi connectivity index (χ2n) is 5.11. The van der Waals surface area contributed by atoms with E-state index in [9.17, 15) is 4.79 Å². The molecule has 1 atom stereocenters. The second-order valence-corrected chi connectivity index (χ2v) is 5.11. The summed E-state index contributed by atoms with van der Waals surface area (Å²) in [5.74, 6) is 0.905. The summed E-state index contributed by atoms with van der Waals surface area (Å²) < 4.78 is 6.00. The lowest BCUT2D eigenvalue weighted by molar-refractivity contribution is 0.0952. The number of benzene rings is 1. The number of carbonyl (C=O) groups is 1. The van der Waals surface area contributed by atoms with Gasteiger partial charge in [0.1, 0.15) is 11.8 Å². The molecule has 6 heteroatoms. The molecule has 0 spiro atoms. The van der Waals surface area contributed by atoms with Crippen LogP contribution in [0.4, 0.5) is 0 Å². The number of nitrogens with one attached hydrogen (secondary N) is 3. The van der Waals surface area contributed by atoms with Crippen molar-refractivity contribution in [2.45, 2.75) is 13.0 Å². The van der Waals surface area contributed by atoms with E-state index in [0.29, 0.717) is 23.0 Å². The van der Waals surface area contributed by atoms with E-state index in [-0.39, 0.29) is 12.0 Å². The molecule has 0 saturated carbocycles. The zero-order valence-corrected chi connectivity index (χ0v) is 13.0. The average Bonchev–Trinajstić information content (AvgIpc) is 3.24. The maximum absolute atomic E-state index is 12.1. The predicted molar refractivity (Wildman–Crippen MR) is 87.2 cm³/mol. The minimum absolute atomic E-state index is 0.181. The van der Waals surface area contributed by atoms with E-state index in [2.05, 4.69) is 20.3 Å². The van der Waals surface area contributed by atoms with Crippen molar-refractivity contribution in [2.75, 3.05) is 7.05 Å². The van der Waals surface area contributed by atoms with Crippen LogP contribution in [0.1, 0.15) is 29.1 Å². The number of hydrogen-bond donors (Lipinski definition) is 3. The SMILES string of the molecule is CNC(=O)c1[nH]c(-c2ncc[nH]2)cc1O[C@@H](C)c1ccccc1. The zero-order chi connectivity index (χ0) is 16.2. The van der Waals surface area contributed by atoms with Gasteiger partial charge < -0.3 is 20.0 Å². The van der Waals surface area contributed by atoms with Gasteiger partial charge in [-0.25, -0.2) is 4.98 Å². The van der Waals surface area contributed by atoms with Crippen LogP contribution in [0.3, 0.4) is 0 Å². The fourth-order valence-corrected chi connectivity index (χ4v) is 2.34. The Balaban J connectivity index is 1.92. The third-order valence-electron chi connectivity index (χ3n) is 3.56. The number of aromatic nitrogens is 3. The fourth-order valence-electron chi connectivity index (χ4n) is 2.34. The van der Waals surface area contributed by atoms with Crippen LogP contribution < -0.4 is 10.1 Å². The quantitative estimate of drug-likeness (QED) is 0.677. The average molecular weight is 310 g/mol. The van der Waals surface area contributed by atoms with Gasteiger partial charge in [-0.15, -0.1) is 0 Å². The van der Waals surface area contributed by atoms with Crippen molar-refractivity contribution in [3.63, 3.8) is 0 Å². The Bertz CT molecular complexity index is 778. The Morgan fingerprint density at radius 1 is 1.30 bits per heavy atom. The van der Waals surface area contributed by atoms with Gasteiger partial charge in [-0.1, -0.05) is 30.3 Å². The first-order valence-corrected chi connectivity index (χ1v) is 7.35. The minimum Gasteiger partial charge on any atom is -0.484 e. The number of amides is 1. The highest BCUT2D eigenvalue weighted by Crippen LogP contribution is 2.29. The van der Waals surface area contributed by atoms with Gasteiger partial charge in [0, 0.05) is 25.5 Å². The van der Waals surface area contributed by atoms with Crippen molar-refractivity contribution < 1.29 is 9.53 Å². The van der Waals surface area contributed by atoms with Gasteiger partial charge in [-0.3, -0.25) is 4.79 Å². The Morgan fingerprint density at radius 3 is 2.74 bits per heavy atom. The van der Waals surface area contributed by atoms with Crippen LogP contribution in [0, 0.1) is 0 Å². The maximum Gasteiger partial charge on any atom is 0.271 e. The molecule has 0 saturated heterocycles. The lowest BCUT2D eigenvalue weighted by Crippen LogP contribution is -2.19. The third kappa shape index (κ3) is 3.11. The van der Waals surface area contributed by atoms with Crippen LogP contribution in [0.15, 0.2) is 48.8 Å². The zero-order valence-electron chi connectivity index (χ0n) is 13.0. The largest absolute Gasteiger partial charge is 0.484 e. The molecule has 1 aromatic carbocycles. The number of H-pyrrole nitrogens is 2. The van der Waals surface area contributed by atoms with E-state index in [1.807, 2.05) is 37.3 Å². The van der Waals surface area contributed by atoms with Crippen LogP contribution in [0.25, 0.3) is 11.5 Å². The maximum atomic E-state index is 12.1. The summed E-state index contributed by atoms with van der Waals surface area (Å²) in [4.78, 5) is 22.3. The molecule has 3 rings (SSSR count). The van der Waals surface area contributed by atoms with Gasteiger partial charge in [0.15, 0.2) is 11.6 Å². The van der Waals surface area contributed by atoms with E-state index >= 15 is 0 Å². The van der Waals surface area contributed by atoms with Gasteiger partial charge in [0.2, 0.25) is 0 Å². The smallest absolute Gasteiger partial charge is 0.271 e. The Morgan fingerprint density at radius 2 is 2.09 bits per heavy atom. The van der Waals surface area contributed by atoms with Gasteiger partial charge in [0.25, 0.3) is 5.91 Å². The Kier molecular flexibility index (Phi) is 4.14. The molecule has 6 nitrogen and oxygen atoms in total. The molecule has 0 fully saturated rings. The standard InChI is InChI=1S/C17H18N4O2/c1-11(12-6-4-3-5-7-12)23-14-10-13(16-19-8-9-20-16)21-15(14)17(22)18-2/h3-11,21H,1-2H3,(H,18,22)(H,19,20)/t11-/m0/s1. The molecule has 1 amide bonds. The van der Waals surface area contributed by atoms with Gasteiger partial charge in [-0.2, -0.15) is 0 Å². The van der Waals surface area contributed by atoms with Crippen molar-refractivity contribution in [3.8, 4) is 17.3 Å². The van der Waals surface area contributed by atoms with Crippen LogP contribution in [-0.4, -0.2) is 27.9 Å². The fraction of sp³-hybridized carbons (Fsp3) is 0.176. The van der Waals surface area contributed by atoms with Crippen LogP contribution in [0.5, 0.6) is 5.75 Å². The topological polar surface area (TPSA) is 82.8 Å². The Hall–Kier alpha value is -3.02. The first kappa shape index (κ1) is 14.9. The van der Waals surface area contributed by atoms with Crippen LogP contribution in [-0.2, 0) is 0 Å². The highest BCUT2D eigenvalue weighted by molar-refractivity contribution is 5.96. The van der Waals surface area contributed by atoms with Crippen molar-refractivity contribution in [2.24, 2.45) is 0 Å². The molecule has 0 unspecified atom stereocenters. The minimum atomic E-state index is -0.238. The van der Waals surface area contributed by atoms with E-state index in [1.54, 1.807) is 25.5 Å². The molecule has 2 heterocycles. The molecule has 0 aliphatic carbocycles. The number of ether oxygens (including phenoxy) is 1. The second kappa shape index (κ2) is 6.39. The summed E-state index contributed by atoms with van der Waals surface area (Å²) in [6.45, 7) is 1.95. The number of nitrogens with zero attached hydrogens (tertiary/aromatic N) is 1. The molecule has 23 heavy (non-hydrogen) atoms. The lowest BCUT2D eigenvalue weighted by Gasteiger charge is -2.14. The van der Waals surface area contributed by atoms with Gasteiger partial charge >= 0.3 is 0 Å². The number of rotatable bonds is 5. The van der Waals surface area contributed by atoms with Crippen LogP contribution >= 0.6 is 0 Å². The molecule has 118 valence electrons. The van der Waals surface area contributed by atoms with Gasteiger partial charge in [0.05, 0.1) is 5.69 Å². The summed E-state index contributed by atoms with van der Waals surface area (Å²) in [5, 5.41) is 2.61. The number of aromatic amines is 2. The number of carbonyl (C=O) groups excluding carboxylic acids is 1. The molecule has 3 N–H and O–H groups in total. The van der Waals surface area contributed by atoms with Crippen molar-refractivity contribution in [1.29, 1.82) is 0 Å². The molecular weight excluding hydrogens is 292 g/mol. The van der Waals surface area contributed by atoms with E-state index in [1.165, 1.54) is 0 Å². The molecule has 0 aliphatic rings. The summed E-state index contributed by atoms with van der Waals surface area (Å²) in [6, 6.07) is 11.6. The number of hydrogen-bond acceptors (Lipinski definition) is 3. The highest BCUT2D eigenvalue weighted by atomic mass is 16.5. The third-order valence-corrected chi connectivity index (χ3v) is 3.56. The molecular formula is C17H18N4O2. The van der Waals surface area contributed by atoms with Crippen molar-refractivity contribution >= 4 is 5.91 Å². The number of imidazole rings is 1. The van der Waals surface area contributed by atoms with Gasteiger partial charge in [-0.05, 0) is 12.5 Å². The lowest BCUT2D eigenvalue weighted by atomic mass is 10.1. The van der Waals surface area contributed by atoms with E-state index in [0.717, 1.165) is 5.56 Å². The first-order chi connectivity index (χ1) is 11.2. The normalized spacial score (nSPS) is 11.9. The molecule has 3 aromatic rings. The van der Waals surface area contributed by atoms with Crippen molar-refractivity contribution in [1.82, 2.24) is 20.3 Å². The monoisotopic (exact) mass is 310 g/mol. The molecule has 2 aromatic heterocycles. The molecule has 0 radical (unpaired) electrons. The summed E-state index contributed by atoms with van der Waals surface area (Å²) >= 11 is 0.